The quantitative estimate of drug-likeness (QED) is 0.866. The van der Waals surface area contributed by atoms with E-state index in [9.17, 15) is 18.4 Å². The van der Waals surface area contributed by atoms with E-state index in [1.165, 1.54) is 6.07 Å². The zero-order chi connectivity index (χ0) is 15.7. The molecule has 0 aliphatic carbocycles. The number of nitrogens with zero attached hydrogens (tertiary/aromatic N) is 1. The minimum absolute atomic E-state index is 0. The molecule has 2 atom stereocenters. The fraction of sp³-hybridized carbons (Fsp3) is 0.467. The van der Waals surface area contributed by atoms with Gasteiger partial charge in [0.2, 0.25) is 11.8 Å². The molecule has 0 spiro atoms. The molecule has 1 aromatic carbocycles. The van der Waals surface area contributed by atoms with Crippen LogP contribution in [0.15, 0.2) is 18.2 Å². The first-order chi connectivity index (χ1) is 10.6. The standard InChI is InChI=1S/C15H17F2N3O2.ClH/c16-10-2-1-3-11(17)13(10)20-7-5-12(15(20)22)19-14(21)9-4-6-18-8-9;/h1-3,9,12,18H,4-8H2,(H,19,21);1H. The van der Waals surface area contributed by atoms with Crippen molar-refractivity contribution in [2.24, 2.45) is 5.92 Å². The maximum absolute atomic E-state index is 13.8. The van der Waals surface area contributed by atoms with Gasteiger partial charge < -0.3 is 15.5 Å². The van der Waals surface area contributed by atoms with Crippen LogP contribution in [0.25, 0.3) is 0 Å². The smallest absolute Gasteiger partial charge is 0.249 e. The van der Waals surface area contributed by atoms with Gasteiger partial charge in [0.15, 0.2) is 0 Å². The van der Waals surface area contributed by atoms with Crippen molar-refractivity contribution in [3.05, 3.63) is 29.8 Å². The second-order valence-corrected chi connectivity index (χ2v) is 5.60. The number of rotatable bonds is 3. The molecule has 8 heteroatoms. The molecule has 5 nitrogen and oxygen atoms in total. The maximum atomic E-state index is 13.8. The Morgan fingerprint density at radius 1 is 1.26 bits per heavy atom. The third kappa shape index (κ3) is 3.45. The second-order valence-electron chi connectivity index (χ2n) is 5.60. The van der Waals surface area contributed by atoms with Gasteiger partial charge in [-0.2, -0.15) is 0 Å². The van der Waals surface area contributed by atoms with Gasteiger partial charge in [-0.1, -0.05) is 6.07 Å². The Morgan fingerprint density at radius 3 is 2.57 bits per heavy atom. The summed E-state index contributed by atoms with van der Waals surface area (Å²) in [5.74, 6) is -2.35. The average Bonchev–Trinajstić information content (AvgIpc) is 3.12. The largest absolute Gasteiger partial charge is 0.344 e. The first-order valence-electron chi connectivity index (χ1n) is 7.34. The van der Waals surface area contributed by atoms with E-state index in [4.69, 9.17) is 0 Å². The minimum Gasteiger partial charge on any atom is -0.344 e. The lowest BCUT2D eigenvalue weighted by molar-refractivity contribution is -0.128. The third-order valence-corrected chi connectivity index (χ3v) is 4.16. The van der Waals surface area contributed by atoms with Gasteiger partial charge in [-0.25, -0.2) is 8.78 Å². The van der Waals surface area contributed by atoms with Gasteiger partial charge >= 0.3 is 0 Å². The fourth-order valence-corrected chi connectivity index (χ4v) is 2.95. The number of carbonyl (C=O) groups is 2. The molecule has 126 valence electrons. The van der Waals surface area contributed by atoms with Crippen molar-refractivity contribution in [3.63, 3.8) is 0 Å². The van der Waals surface area contributed by atoms with Crippen LogP contribution in [0.1, 0.15) is 12.8 Å². The van der Waals surface area contributed by atoms with Crippen LogP contribution in [0.3, 0.4) is 0 Å². The van der Waals surface area contributed by atoms with E-state index in [1.54, 1.807) is 0 Å². The number of anilines is 1. The highest BCUT2D eigenvalue weighted by Crippen LogP contribution is 2.27. The molecule has 2 amide bonds. The molecule has 2 aliphatic heterocycles. The first-order valence-corrected chi connectivity index (χ1v) is 7.34. The van der Waals surface area contributed by atoms with Crippen LogP contribution in [-0.4, -0.2) is 37.5 Å². The van der Waals surface area contributed by atoms with E-state index in [-0.39, 0.29) is 36.5 Å². The van der Waals surface area contributed by atoms with Crippen molar-refractivity contribution in [1.29, 1.82) is 0 Å². The lowest BCUT2D eigenvalue weighted by Crippen LogP contribution is -2.44. The number of halogens is 3. The summed E-state index contributed by atoms with van der Waals surface area (Å²) in [5, 5.41) is 5.78. The van der Waals surface area contributed by atoms with Gasteiger partial charge in [-0.15, -0.1) is 12.4 Å². The van der Waals surface area contributed by atoms with E-state index >= 15 is 0 Å². The molecule has 2 fully saturated rings. The van der Waals surface area contributed by atoms with E-state index in [1.807, 2.05) is 0 Å². The van der Waals surface area contributed by atoms with Crippen LogP contribution in [0.2, 0.25) is 0 Å². The molecule has 2 N–H and O–H groups in total. The fourth-order valence-electron chi connectivity index (χ4n) is 2.95. The first kappa shape index (κ1) is 17.6. The Labute approximate surface area is 138 Å². The van der Waals surface area contributed by atoms with Crippen LogP contribution >= 0.6 is 12.4 Å². The van der Waals surface area contributed by atoms with E-state index in [0.29, 0.717) is 13.0 Å². The lowest BCUT2D eigenvalue weighted by Gasteiger charge is -2.19. The van der Waals surface area contributed by atoms with E-state index < -0.39 is 23.6 Å². The molecule has 2 saturated heterocycles. The van der Waals surface area contributed by atoms with Crippen molar-refractivity contribution >= 4 is 29.9 Å². The highest BCUT2D eigenvalue weighted by Gasteiger charge is 2.37. The molecular formula is C15H18ClF2N3O2. The van der Waals surface area contributed by atoms with Crippen molar-refractivity contribution in [2.45, 2.75) is 18.9 Å². The number of carbonyl (C=O) groups excluding carboxylic acids is 2. The lowest BCUT2D eigenvalue weighted by atomic mass is 10.1. The zero-order valence-corrected chi connectivity index (χ0v) is 13.2. The molecule has 2 unspecified atom stereocenters. The van der Waals surface area contributed by atoms with Crippen molar-refractivity contribution in [3.8, 4) is 0 Å². The Balaban J connectivity index is 0.00000192. The van der Waals surface area contributed by atoms with Crippen LogP contribution in [0, 0.1) is 17.6 Å². The van der Waals surface area contributed by atoms with Gasteiger partial charge in [0.25, 0.3) is 0 Å². The summed E-state index contributed by atoms with van der Waals surface area (Å²) in [5.41, 5.74) is -0.341. The summed E-state index contributed by atoms with van der Waals surface area (Å²) in [6, 6.07) is 2.76. The molecule has 0 bridgehead atoms. The molecule has 0 aromatic heterocycles. The highest BCUT2D eigenvalue weighted by molar-refractivity contribution is 6.01. The van der Waals surface area contributed by atoms with Crippen LogP contribution in [-0.2, 0) is 9.59 Å². The molecule has 23 heavy (non-hydrogen) atoms. The molecule has 3 rings (SSSR count). The number of benzene rings is 1. The number of amides is 2. The average molecular weight is 346 g/mol. The summed E-state index contributed by atoms with van der Waals surface area (Å²) in [7, 11) is 0. The monoisotopic (exact) mass is 345 g/mol. The Kier molecular flexibility index (Phi) is 5.54. The molecule has 2 heterocycles. The number of para-hydroxylation sites is 1. The summed E-state index contributed by atoms with van der Waals surface area (Å²) < 4.78 is 27.6. The Bertz CT molecular complexity index is 588. The SMILES string of the molecule is Cl.O=C(NC1CCN(c2c(F)cccc2F)C1=O)C1CCNC1. The molecule has 0 saturated carbocycles. The molecular weight excluding hydrogens is 328 g/mol. The summed E-state index contributed by atoms with van der Waals surface area (Å²) >= 11 is 0. The predicted molar refractivity (Wildman–Crippen MR) is 83.5 cm³/mol. The maximum Gasteiger partial charge on any atom is 0.249 e. The van der Waals surface area contributed by atoms with E-state index in [2.05, 4.69) is 10.6 Å². The summed E-state index contributed by atoms with van der Waals surface area (Å²) in [6.45, 7) is 1.56. The van der Waals surface area contributed by atoms with Gasteiger partial charge in [0.05, 0.1) is 5.92 Å². The number of hydrogen-bond donors (Lipinski definition) is 2. The summed E-state index contributed by atoms with van der Waals surface area (Å²) in [4.78, 5) is 25.4. The number of nitrogens with one attached hydrogen (secondary N) is 2. The minimum atomic E-state index is -0.777. The van der Waals surface area contributed by atoms with E-state index in [0.717, 1.165) is 30.0 Å². The van der Waals surface area contributed by atoms with Gasteiger partial charge in [0, 0.05) is 13.1 Å². The number of hydrogen-bond acceptors (Lipinski definition) is 3. The van der Waals surface area contributed by atoms with Crippen molar-refractivity contribution in [1.82, 2.24) is 10.6 Å². The van der Waals surface area contributed by atoms with Gasteiger partial charge in [0.1, 0.15) is 23.4 Å². The summed E-state index contributed by atoms with van der Waals surface area (Å²) in [6.07, 6.45) is 1.08. The normalized spacial score (nSPS) is 23.7. The van der Waals surface area contributed by atoms with Crippen LogP contribution in [0.5, 0.6) is 0 Å². The second kappa shape index (κ2) is 7.23. The highest BCUT2D eigenvalue weighted by atomic mass is 35.5. The molecule has 1 aromatic rings. The molecule has 2 aliphatic rings. The Morgan fingerprint density at radius 2 is 1.96 bits per heavy atom. The van der Waals surface area contributed by atoms with Crippen LogP contribution in [0.4, 0.5) is 14.5 Å². The molecule has 0 radical (unpaired) electrons. The predicted octanol–water partition coefficient (Wildman–Crippen LogP) is 1.22. The zero-order valence-electron chi connectivity index (χ0n) is 12.4. The topological polar surface area (TPSA) is 61.4 Å². The third-order valence-electron chi connectivity index (χ3n) is 4.16. The van der Waals surface area contributed by atoms with Crippen molar-refractivity contribution < 1.29 is 18.4 Å². The van der Waals surface area contributed by atoms with Crippen LogP contribution < -0.4 is 15.5 Å². The Hall–Kier alpha value is -1.73. The van der Waals surface area contributed by atoms with Gasteiger partial charge in [-0.3, -0.25) is 9.59 Å². The van der Waals surface area contributed by atoms with Gasteiger partial charge in [-0.05, 0) is 31.5 Å². The van der Waals surface area contributed by atoms with Crippen molar-refractivity contribution in [2.75, 3.05) is 24.5 Å².